The lowest BCUT2D eigenvalue weighted by Crippen LogP contribution is -2.16. The van der Waals surface area contributed by atoms with Gasteiger partial charge >= 0.3 is 0 Å². The van der Waals surface area contributed by atoms with E-state index >= 15 is 0 Å². The highest BCUT2D eigenvalue weighted by Crippen LogP contribution is 2.34. The molecule has 0 bridgehead atoms. The van der Waals surface area contributed by atoms with Gasteiger partial charge in [-0.2, -0.15) is 5.10 Å². The van der Waals surface area contributed by atoms with E-state index in [0.29, 0.717) is 51.9 Å². The number of anilines is 1. The number of hydrogen-bond acceptors (Lipinski definition) is 6. The largest absolute Gasteiger partial charge is 0.493 e. The highest BCUT2D eigenvalue weighted by molar-refractivity contribution is 6.14. The number of methoxy groups -OCH3 is 2. The number of carbonyl (C=O) groups excluding carboxylic acids is 1. The molecule has 2 aromatic carbocycles. The second-order valence-corrected chi connectivity index (χ2v) is 8.09. The van der Waals surface area contributed by atoms with Crippen molar-refractivity contribution in [2.24, 2.45) is 4.99 Å². The first-order valence-corrected chi connectivity index (χ1v) is 10.8. The Balaban J connectivity index is 1.37. The zero-order valence-electron chi connectivity index (χ0n) is 19.3. The molecule has 0 saturated carbocycles. The van der Waals surface area contributed by atoms with Crippen LogP contribution in [0.4, 0.5) is 5.69 Å². The van der Waals surface area contributed by atoms with Gasteiger partial charge in [0, 0.05) is 29.8 Å². The van der Waals surface area contributed by atoms with Crippen molar-refractivity contribution >= 4 is 28.3 Å². The Labute approximate surface area is 195 Å². The molecule has 0 fully saturated rings. The van der Waals surface area contributed by atoms with Crippen LogP contribution in [-0.4, -0.2) is 46.0 Å². The number of aryl methyl sites for hydroxylation is 1. The Hall–Kier alpha value is -4.40. The van der Waals surface area contributed by atoms with Crippen LogP contribution in [0.5, 0.6) is 11.5 Å². The average Bonchev–Trinajstić information content (AvgIpc) is 3.56. The molecule has 0 saturated heterocycles. The molecule has 5 rings (SSSR count). The number of benzene rings is 2. The van der Waals surface area contributed by atoms with Crippen LogP contribution in [0.15, 0.2) is 58.9 Å². The van der Waals surface area contributed by atoms with Gasteiger partial charge in [-0.15, -0.1) is 0 Å². The highest BCUT2D eigenvalue weighted by Gasteiger charge is 2.24. The Bertz CT molecular complexity index is 1420. The third-order valence-corrected chi connectivity index (χ3v) is 5.85. The van der Waals surface area contributed by atoms with E-state index in [1.54, 1.807) is 26.5 Å². The van der Waals surface area contributed by atoms with Gasteiger partial charge in [-0.1, -0.05) is 29.8 Å². The van der Waals surface area contributed by atoms with Gasteiger partial charge in [0.15, 0.2) is 17.3 Å². The van der Waals surface area contributed by atoms with E-state index in [0.717, 1.165) is 16.8 Å². The summed E-state index contributed by atoms with van der Waals surface area (Å²) in [5, 5.41) is 9.99. The smallest absolute Gasteiger partial charge is 0.253 e. The fourth-order valence-electron chi connectivity index (χ4n) is 3.98. The molecule has 34 heavy (non-hydrogen) atoms. The molecule has 0 atom stereocenters. The van der Waals surface area contributed by atoms with Gasteiger partial charge in [-0.05, 0) is 19.4 Å². The number of fused-ring (bicyclic) bond motifs is 1. The number of allylic oxidation sites excluding steroid dienone is 1. The molecular formula is C25H24N6O3. The van der Waals surface area contributed by atoms with Gasteiger partial charge < -0.3 is 19.8 Å². The molecule has 9 heteroatoms. The van der Waals surface area contributed by atoms with Crippen LogP contribution in [0, 0.1) is 6.92 Å². The molecule has 0 aliphatic carbocycles. The van der Waals surface area contributed by atoms with Gasteiger partial charge in [-0.25, -0.2) is 4.98 Å². The van der Waals surface area contributed by atoms with Crippen molar-refractivity contribution in [2.45, 2.75) is 20.3 Å². The summed E-state index contributed by atoms with van der Waals surface area (Å²) < 4.78 is 10.7. The number of ether oxygens (including phenoxy) is 2. The molecule has 3 N–H and O–H groups in total. The number of rotatable bonds is 6. The number of nitrogens with one attached hydrogen (secondary N) is 3. The average molecular weight is 457 g/mol. The molecule has 3 heterocycles. The van der Waals surface area contributed by atoms with Crippen molar-refractivity contribution in [3.05, 3.63) is 65.0 Å². The van der Waals surface area contributed by atoms with Gasteiger partial charge in [0.25, 0.3) is 5.91 Å². The maximum atomic E-state index is 13.1. The minimum Gasteiger partial charge on any atom is -0.493 e. The first kappa shape index (κ1) is 21.4. The number of aromatic nitrogens is 4. The summed E-state index contributed by atoms with van der Waals surface area (Å²) in [7, 11) is 3.16. The van der Waals surface area contributed by atoms with Crippen molar-refractivity contribution in [1.82, 2.24) is 20.2 Å². The fraction of sp³-hybridized carbons (Fsp3) is 0.200. The molecule has 1 aliphatic rings. The summed E-state index contributed by atoms with van der Waals surface area (Å²) in [5.41, 5.74) is 6.98. The van der Waals surface area contributed by atoms with Crippen LogP contribution < -0.4 is 14.8 Å². The molecule has 4 aromatic rings. The predicted molar refractivity (Wildman–Crippen MR) is 130 cm³/mol. The molecule has 1 aliphatic heterocycles. The molecule has 0 spiro atoms. The van der Waals surface area contributed by atoms with E-state index < -0.39 is 0 Å². The Morgan fingerprint density at radius 1 is 1.06 bits per heavy atom. The van der Waals surface area contributed by atoms with E-state index in [1.165, 1.54) is 5.56 Å². The summed E-state index contributed by atoms with van der Waals surface area (Å²) >= 11 is 0. The lowest BCUT2D eigenvalue weighted by molar-refractivity contribution is -0.112. The summed E-state index contributed by atoms with van der Waals surface area (Å²) in [6, 6.07) is 11.8. The van der Waals surface area contributed by atoms with Crippen molar-refractivity contribution < 1.29 is 14.3 Å². The standard InChI is InChI=1S/C25H24N6O3/c1-13-5-7-15(8-6-13)17-9-16(14(2)27-17)25(32)30-20-12-26-31-23(20)24-28-18-10-21(33-3)22(34-4)11-19(18)29-24/h5-8,10-12H,9H2,1-4H3,(H,26,31)(H,28,29)(H,30,32). The Kier molecular flexibility index (Phi) is 5.37. The zero-order valence-corrected chi connectivity index (χ0v) is 19.3. The normalized spacial score (nSPS) is 13.4. The van der Waals surface area contributed by atoms with E-state index in [4.69, 9.17) is 9.47 Å². The summed E-state index contributed by atoms with van der Waals surface area (Å²) in [6.07, 6.45) is 2.03. The first-order chi connectivity index (χ1) is 16.5. The molecule has 0 radical (unpaired) electrons. The van der Waals surface area contributed by atoms with E-state index in [-0.39, 0.29) is 5.91 Å². The summed E-state index contributed by atoms with van der Waals surface area (Å²) in [6.45, 7) is 3.90. The number of H-pyrrole nitrogens is 2. The van der Waals surface area contributed by atoms with Crippen LogP contribution in [0.3, 0.4) is 0 Å². The number of hydrogen-bond donors (Lipinski definition) is 3. The number of aromatic amines is 2. The minimum atomic E-state index is -0.217. The lowest BCUT2D eigenvalue weighted by Gasteiger charge is -2.07. The number of aliphatic imine (C=N–C) groups is 1. The lowest BCUT2D eigenvalue weighted by atomic mass is 10.0. The Morgan fingerprint density at radius 3 is 2.53 bits per heavy atom. The zero-order chi connectivity index (χ0) is 23.8. The number of carbonyl (C=O) groups is 1. The van der Waals surface area contributed by atoms with Crippen LogP contribution in [0.25, 0.3) is 22.6 Å². The minimum absolute atomic E-state index is 0.217. The third kappa shape index (κ3) is 3.81. The number of amides is 1. The molecule has 2 aromatic heterocycles. The second-order valence-electron chi connectivity index (χ2n) is 8.09. The molecule has 0 unspecified atom stereocenters. The number of nitrogens with zero attached hydrogens (tertiary/aromatic N) is 3. The molecule has 172 valence electrons. The van der Waals surface area contributed by atoms with E-state index in [2.05, 4.69) is 30.5 Å². The van der Waals surface area contributed by atoms with Gasteiger partial charge in [0.2, 0.25) is 0 Å². The first-order valence-electron chi connectivity index (χ1n) is 10.8. The maximum absolute atomic E-state index is 13.1. The quantitative estimate of drug-likeness (QED) is 0.398. The van der Waals surface area contributed by atoms with Crippen molar-refractivity contribution in [2.75, 3.05) is 19.5 Å². The van der Waals surface area contributed by atoms with Crippen molar-refractivity contribution in [3.63, 3.8) is 0 Å². The van der Waals surface area contributed by atoms with Crippen LogP contribution >= 0.6 is 0 Å². The van der Waals surface area contributed by atoms with Crippen LogP contribution in [-0.2, 0) is 4.79 Å². The maximum Gasteiger partial charge on any atom is 0.253 e. The number of imidazole rings is 1. The van der Waals surface area contributed by atoms with Crippen LogP contribution in [0.1, 0.15) is 24.5 Å². The summed E-state index contributed by atoms with van der Waals surface area (Å²) in [5.74, 6) is 1.49. The van der Waals surface area contributed by atoms with Crippen molar-refractivity contribution in [1.29, 1.82) is 0 Å². The van der Waals surface area contributed by atoms with Crippen LogP contribution in [0.2, 0.25) is 0 Å². The van der Waals surface area contributed by atoms with Gasteiger partial charge in [0.05, 0.1) is 42.8 Å². The molecular weight excluding hydrogens is 432 g/mol. The SMILES string of the molecule is COc1cc2nc(-c3[nH]ncc3NC(=O)C3=C(C)N=C(c4ccc(C)cc4)C3)[nH]c2cc1OC. The van der Waals surface area contributed by atoms with E-state index in [9.17, 15) is 4.79 Å². The molecule has 1 amide bonds. The Morgan fingerprint density at radius 2 is 1.79 bits per heavy atom. The predicted octanol–water partition coefficient (Wildman–Crippen LogP) is 4.38. The third-order valence-electron chi connectivity index (χ3n) is 5.85. The monoisotopic (exact) mass is 456 g/mol. The van der Waals surface area contributed by atoms with Gasteiger partial charge in [0.1, 0.15) is 5.69 Å². The molecule has 9 nitrogen and oxygen atoms in total. The highest BCUT2D eigenvalue weighted by atomic mass is 16.5. The summed E-state index contributed by atoms with van der Waals surface area (Å²) in [4.78, 5) is 25.6. The second kappa shape index (κ2) is 8.51. The van der Waals surface area contributed by atoms with E-state index in [1.807, 2.05) is 44.2 Å². The fourth-order valence-corrected chi connectivity index (χ4v) is 3.98. The van der Waals surface area contributed by atoms with Gasteiger partial charge in [-0.3, -0.25) is 14.9 Å². The topological polar surface area (TPSA) is 117 Å². The van der Waals surface area contributed by atoms with Crippen molar-refractivity contribution in [3.8, 4) is 23.0 Å².